The van der Waals surface area contributed by atoms with Crippen molar-refractivity contribution in [2.75, 3.05) is 13.1 Å². The Labute approximate surface area is 126 Å². The SMILES string of the molecule is CC(O)C1CCN(Cc2ccc([N+](=O)[O-])cc2Br)CC1. The number of benzene rings is 1. The summed E-state index contributed by atoms with van der Waals surface area (Å²) in [6.07, 6.45) is 1.77. The van der Waals surface area contributed by atoms with Gasteiger partial charge in [0.25, 0.3) is 5.69 Å². The first-order valence-electron chi connectivity index (χ1n) is 6.80. The maximum Gasteiger partial charge on any atom is 0.270 e. The van der Waals surface area contributed by atoms with Crippen LogP contribution >= 0.6 is 15.9 Å². The van der Waals surface area contributed by atoms with E-state index in [1.165, 1.54) is 0 Å². The molecule has 1 fully saturated rings. The monoisotopic (exact) mass is 342 g/mol. The van der Waals surface area contributed by atoms with Crippen LogP contribution in [0.4, 0.5) is 5.69 Å². The minimum Gasteiger partial charge on any atom is -0.393 e. The maximum atomic E-state index is 10.7. The number of hydrogen-bond acceptors (Lipinski definition) is 4. The van der Waals surface area contributed by atoms with Crippen LogP contribution in [0.25, 0.3) is 0 Å². The van der Waals surface area contributed by atoms with Gasteiger partial charge in [-0.2, -0.15) is 0 Å². The van der Waals surface area contributed by atoms with Crippen LogP contribution in [0.2, 0.25) is 0 Å². The highest BCUT2D eigenvalue weighted by Crippen LogP contribution is 2.26. The van der Waals surface area contributed by atoms with Crippen LogP contribution in [0.1, 0.15) is 25.3 Å². The van der Waals surface area contributed by atoms with Crippen molar-refractivity contribution in [3.05, 3.63) is 38.3 Å². The van der Waals surface area contributed by atoms with Crippen LogP contribution in [0.5, 0.6) is 0 Å². The number of aliphatic hydroxyl groups is 1. The predicted molar refractivity (Wildman–Crippen MR) is 80.5 cm³/mol. The van der Waals surface area contributed by atoms with Crippen LogP contribution in [0.3, 0.4) is 0 Å². The summed E-state index contributed by atoms with van der Waals surface area (Å²) in [5, 5.41) is 20.3. The molecule has 1 atom stereocenters. The van der Waals surface area contributed by atoms with Crippen molar-refractivity contribution in [1.29, 1.82) is 0 Å². The van der Waals surface area contributed by atoms with Gasteiger partial charge in [-0.3, -0.25) is 15.0 Å². The smallest absolute Gasteiger partial charge is 0.270 e. The molecule has 20 heavy (non-hydrogen) atoms. The first kappa shape index (κ1) is 15.4. The fraction of sp³-hybridized carbons (Fsp3) is 0.571. The van der Waals surface area contributed by atoms with Gasteiger partial charge in [0.05, 0.1) is 11.0 Å². The van der Waals surface area contributed by atoms with Crippen molar-refractivity contribution in [3.63, 3.8) is 0 Å². The van der Waals surface area contributed by atoms with Crippen molar-refractivity contribution in [2.24, 2.45) is 5.92 Å². The van der Waals surface area contributed by atoms with E-state index in [0.717, 1.165) is 42.5 Å². The Kier molecular flexibility index (Phi) is 5.12. The zero-order valence-electron chi connectivity index (χ0n) is 11.5. The van der Waals surface area contributed by atoms with Crippen LogP contribution in [-0.4, -0.2) is 34.1 Å². The molecule has 0 saturated carbocycles. The highest BCUT2D eigenvalue weighted by Gasteiger charge is 2.23. The summed E-state index contributed by atoms with van der Waals surface area (Å²) in [5.41, 5.74) is 1.17. The lowest BCUT2D eigenvalue weighted by Crippen LogP contribution is -2.36. The Morgan fingerprint density at radius 1 is 1.50 bits per heavy atom. The first-order chi connectivity index (χ1) is 9.47. The molecule has 1 aliphatic rings. The van der Waals surface area contributed by atoms with Gasteiger partial charge in [0.1, 0.15) is 0 Å². The van der Waals surface area contributed by atoms with Gasteiger partial charge in [0.15, 0.2) is 0 Å². The molecule has 0 aliphatic carbocycles. The number of aliphatic hydroxyl groups excluding tert-OH is 1. The van der Waals surface area contributed by atoms with Gasteiger partial charge in [-0.1, -0.05) is 15.9 Å². The molecule has 1 heterocycles. The summed E-state index contributed by atoms with van der Waals surface area (Å²) in [6.45, 7) is 4.55. The highest BCUT2D eigenvalue weighted by atomic mass is 79.9. The topological polar surface area (TPSA) is 66.6 Å². The number of halogens is 1. The van der Waals surface area contributed by atoms with Gasteiger partial charge < -0.3 is 5.11 Å². The number of nitro benzene ring substituents is 1. The molecule has 5 nitrogen and oxygen atoms in total. The Bertz CT molecular complexity index is 485. The number of likely N-dealkylation sites (tertiary alicyclic amines) is 1. The maximum absolute atomic E-state index is 10.7. The zero-order valence-corrected chi connectivity index (χ0v) is 13.0. The number of rotatable bonds is 4. The van der Waals surface area contributed by atoms with Gasteiger partial charge in [0.2, 0.25) is 0 Å². The largest absolute Gasteiger partial charge is 0.393 e. The van der Waals surface area contributed by atoms with Crippen LogP contribution in [0.15, 0.2) is 22.7 Å². The van der Waals surface area contributed by atoms with Gasteiger partial charge in [-0.05, 0) is 50.4 Å². The minimum atomic E-state index is -0.386. The molecule has 1 unspecified atom stereocenters. The molecule has 0 spiro atoms. The average Bonchev–Trinajstić information content (AvgIpc) is 2.41. The van der Waals surface area contributed by atoms with E-state index in [1.54, 1.807) is 12.1 Å². The van der Waals surface area contributed by atoms with E-state index >= 15 is 0 Å². The minimum absolute atomic E-state index is 0.105. The molecule has 1 aliphatic heterocycles. The van der Waals surface area contributed by atoms with Crippen molar-refractivity contribution in [3.8, 4) is 0 Å². The van der Waals surface area contributed by atoms with E-state index in [2.05, 4.69) is 20.8 Å². The molecule has 1 aromatic rings. The molecule has 110 valence electrons. The van der Waals surface area contributed by atoms with Gasteiger partial charge in [-0.15, -0.1) is 0 Å². The van der Waals surface area contributed by atoms with Crippen molar-refractivity contribution >= 4 is 21.6 Å². The average molecular weight is 343 g/mol. The second-order valence-electron chi connectivity index (χ2n) is 5.39. The Balaban J connectivity index is 1.96. The number of nitrogens with zero attached hydrogens (tertiary/aromatic N) is 2. The molecular formula is C14H19BrN2O3. The highest BCUT2D eigenvalue weighted by molar-refractivity contribution is 9.10. The second-order valence-corrected chi connectivity index (χ2v) is 6.24. The fourth-order valence-corrected chi connectivity index (χ4v) is 3.10. The third kappa shape index (κ3) is 3.77. The molecule has 0 amide bonds. The van der Waals surface area contributed by atoms with Crippen molar-refractivity contribution in [2.45, 2.75) is 32.4 Å². The first-order valence-corrected chi connectivity index (χ1v) is 7.60. The Morgan fingerprint density at radius 3 is 2.65 bits per heavy atom. The Hall–Kier alpha value is -0.980. The van der Waals surface area contributed by atoms with Crippen LogP contribution in [0, 0.1) is 16.0 Å². The van der Waals surface area contributed by atoms with Gasteiger partial charge in [-0.25, -0.2) is 0 Å². The van der Waals surface area contributed by atoms with Gasteiger partial charge >= 0.3 is 0 Å². The van der Waals surface area contributed by atoms with E-state index in [0.29, 0.717) is 5.92 Å². The molecule has 0 aromatic heterocycles. The summed E-state index contributed by atoms with van der Waals surface area (Å²) >= 11 is 3.41. The molecule has 1 aromatic carbocycles. The number of hydrogen-bond donors (Lipinski definition) is 1. The van der Waals surface area contributed by atoms with Crippen molar-refractivity contribution in [1.82, 2.24) is 4.90 Å². The second kappa shape index (κ2) is 6.65. The normalized spacial score (nSPS) is 18.9. The fourth-order valence-electron chi connectivity index (χ4n) is 2.61. The van der Waals surface area contributed by atoms with E-state index in [-0.39, 0.29) is 16.7 Å². The molecule has 1 N–H and O–H groups in total. The molecule has 1 saturated heterocycles. The molecule has 0 radical (unpaired) electrons. The Morgan fingerprint density at radius 2 is 2.15 bits per heavy atom. The number of non-ortho nitro benzene ring substituents is 1. The summed E-state index contributed by atoms with van der Waals surface area (Å²) in [7, 11) is 0. The summed E-state index contributed by atoms with van der Waals surface area (Å²) < 4.78 is 0.782. The van der Waals surface area contributed by atoms with E-state index in [4.69, 9.17) is 0 Å². The summed E-state index contributed by atoms with van der Waals surface area (Å²) in [4.78, 5) is 12.6. The molecule has 6 heteroatoms. The predicted octanol–water partition coefficient (Wildman–Crippen LogP) is 2.95. The summed E-state index contributed by atoms with van der Waals surface area (Å²) in [6, 6.07) is 4.91. The molecule has 0 bridgehead atoms. The summed E-state index contributed by atoms with van der Waals surface area (Å²) in [5.74, 6) is 0.395. The van der Waals surface area contributed by atoms with Gasteiger partial charge in [0, 0.05) is 23.2 Å². The number of piperidine rings is 1. The molecule has 2 rings (SSSR count). The third-order valence-electron chi connectivity index (χ3n) is 3.96. The lowest BCUT2D eigenvalue weighted by molar-refractivity contribution is -0.384. The van der Waals surface area contributed by atoms with Crippen LogP contribution < -0.4 is 0 Å². The third-order valence-corrected chi connectivity index (χ3v) is 4.69. The van der Waals surface area contributed by atoms with Crippen molar-refractivity contribution < 1.29 is 10.0 Å². The quantitative estimate of drug-likeness (QED) is 0.674. The number of nitro groups is 1. The molecular weight excluding hydrogens is 324 g/mol. The van der Waals surface area contributed by atoms with E-state index in [9.17, 15) is 15.2 Å². The van der Waals surface area contributed by atoms with E-state index in [1.807, 2.05) is 13.0 Å². The zero-order chi connectivity index (χ0) is 14.7. The standard InChI is InChI=1S/C14H19BrN2O3/c1-10(18)11-4-6-16(7-5-11)9-12-2-3-13(17(19)20)8-14(12)15/h2-3,8,10-11,18H,4-7,9H2,1H3. The lowest BCUT2D eigenvalue weighted by Gasteiger charge is -2.33. The van der Waals surface area contributed by atoms with Crippen LogP contribution in [-0.2, 0) is 6.54 Å². The lowest BCUT2D eigenvalue weighted by atomic mass is 9.92. The van der Waals surface area contributed by atoms with E-state index < -0.39 is 0 Å².